The summed E-state index contributed by atoms with van der Waals surface area (Å²) < 4.78 is 10.6. The van der Waals surface area contributed by atoms with E-state index in [0.29, 0.717) is 22.6 Å². The van der Waals surface area contributed by atoms with Gasteiger partial charge in [-0.15, -0.1) is 0 Å². The van der Waals surface area contributed by atoms with Crippen molar-refractivity contribution < 1.29 is 13.9 Å². The molecule has 2 N–H and O–H groups in total. The van der Waals surface area contributed by atoms with Crippen molar-refractivity contribution >= 4 is 22.4 Å². The molecule has 1 heterocycles. The Kier molecular flexibility index (Phi) is 2.91. The number of ether oxygens (including phenoxy) is 1. The van der Waals surface area contributed by atoms with Crippen LogP contribution in [0.2, 0.25) is 0 Å². The standard InChI is InChI=1S/C16H13NO3/c1-19-11-6-7-12(13(17)9-11)16(18)15-8-10-4-2-3-5-14(10)20-15/h2-9H,17H2,1H3. The quantitative estimate of drug-likeness (QED) is 0.584. The number of hydrogen-bond acceptors (Lipinski definition) is 4. The zero-order chi connectivity index (χ0) is 14.1. The van der Waals surface area contributed by atoms with Gasteiger partial charge in [0.05, 0.1) is 7.11 Å². The number of rotatable bonds is 3. The zero-order valence-electron chi connectivity index (χ0n) is 10.9. The minimum absolute atomic E-state index is 0.235. The van der Waals surface area contributed by atoms with Crippen molar-refractivity contribution in [3.63, 3.8) is 0 Å². The summed E-state index contributed by atoms with van der Waals surface area (Å²) >= 11 is 0. The van der Waals surface area contributed by atoms with E-state index in [1.807, 2.05) is 24.3 Å². The van der Waals surface area contributed by atoms with E-state index in [0.717, 1.165) is 5.39 Å². The Morgan fingerprint density at radius 3 is 2.65 bits per heavy atom. The Bertz CT molecular complexity index is 756. The van der Waals surface area contributed by atoms with Gasteiger partial charge in [0.1, 0.15) is 11.3 Å². The average Bonchev–Trinajstić information content (AvgIpc) is 2.90. The van der Waals surface area contributed by atoms with Gasteiger partial charge in [-0.25, -0.2) is 0 Å². The van der Waals surface area contributed by atoms with Crippen LogP contribution in [0, 0.1) is 0 Å². The van der Waals surface area contributed by atoms with Gasteiger partial charge in [0.15, 0.2) is 5.76 Å². The molecule has 0 saturated heterocycles. The number of methoxy groups -OCH3 is 1. The van der Waals surface area contributed by atoms with E-state index in [4.69, 9.17) is 14.9 Å². The minimum atomic E-state index is -0.235. The number of nitrogen functional groups attached to an aromatic ring is 1. The lowest BCUT2D eigenvalue weighted by Gasteiger charge is -2.05. The highest BCUT2D eigenvalue weighted by Crippen LogP contribution is 2.25. The summed E-state index contributed by atoms with van der Waals surface area (Å²) in [6, 6.07) is 14.2. The first-order valence-electron chi connectivity index (χ1n) is 6.16. The molecule has 2 aromatic carbocycles. The lowest BCUT2D eigenvalue weighted by atomic mass is 10.1. The monoisotopic (exact) mass is 267 g/mol. The molecule has 0 radical (unpaired) electrons. The van der Waals surface area contributed by atoms with E-state index in [1.165, 1.54) is 0 Å². The molecule has 0 atom stereocenters. The third-order valence-corrected chi connectivity index (χ3v) is 3.15. The van der Waals surface area contributed by atoms with E-state index in [-0.39, 0.29) is 11.5 Å². The van der Waals surface area contributed by atoms with E-state index in [1.54, 1.807) is 31.4 Å². The highest BCUT2D eigenvalue weighted by Gasteiger charge is 2.17. The average molecular weight is 267 g/mol. The molecule has 0 aliphatic heterocycles. The summed E-state index contributed by atoms with van der Waals surface area (Å²) in [6.45, 7) is 0. The summed E-state index contributed by atoms with van der Waals surface area (Å²) in [6.07, 6.45) is 0. The van der Waals surface area contributed by atoms with Gasteiger partial charge in [-0.05, 0) is 24.3 Å². The predicted octanol–water partition coefficient (Wildman–Crippen LogP) is 3.25. The Hall–Kier alpha value is -2.75. The Morgan fingerprint density at radius 1 is 1.15 bits per heavy atom. The van der Waals surface area contributed by atoms with Crippen molar-refractivity contribution in [2.75, 3.05) is 12.8 Å². The summed E-state index contributed by atoms with van der Waals surface area (Å²) in [5.74, 6) is 0.660. The number of para-hydroxylation sites is 1. The number of ketones is 1. The molecule has 0 bridgehead atoms. The summed E-state index contributed by atoms with van der Waals surface area (Å²) in [5, 5.41) is 0.892. The van der Waals surface area contributed by atoms with Crippen molar-refractivity contribution in [2.45, 2.75) is 0 Å². The van der Waals surface area contributed by atoms with Crippen LogP contribution in [0.15, 0.2) is 52.9 Å². The van der Waals surface area contributed by atoms with Gasteiger partial charge in [0.25, 0.3) is 0 Å². The van der Waals surface area contributed by atoms with Crippen molar-refractivity contribution in [3.8, 4) is 5.75 Å². The van der Waals surface area contributed by atoms with Crippen molar-refractivity contribution in [3.05, 3.63) is 59.9 Å². The summed E-state index contributed by atoms with van der Waals surface area (Å²) in [7, 11) is 1.55. The fourth-order valence-corrected chi connectivity index (χ4v) is 2.10. The topological polar surface area (TPSA) is 65.5 Å². The van der Waals surface area contributed by atoms with Gasteiger partial charge in [-0.2, -0.15) is 0 Å². The number of fused-ring (bicyclic) bond motifs is 1. The molecule has 4 nitrogen and oxygen atoms in total. The van der Waals surface area contributed by atoms with Crippen LogP contribution in [0.1, 0.15) is 16.1 Å². The molecule has 0 spiro atoms. The maximum Gasteiger partial charge on any atom is 0.230 e. The normalized spacial score (nSPS) is 10.7. The van der Waals surface area contributed by atoms with E-state index < -0.39 is 0 Å². The largest absolute Gasteiger partial charge is 0.497 e. The second-order valence-electron chi connectivity index (χ2n) is 4.43. The van der Waals surface area contributed by atoms with Crippen LogP contribution in [0.25, 0.3) is 11.0 Å². The molecule has 0 unspecified atom stereocenters. The molecule has 0 saturated carbocycles. The summed E-state index contributed by atoms with van der Waals surface area (Å²) in [4.78, 5) is 12.4. The predicted molar refractivity (Wildman–Crippen MR) is 77.1 cm³/mol. The number of carbonyl (C=O) groups is 1. The number of anilines is 1. The third kappa shape index (κ3) is 2.01. The Morgan fingerprint density at radius 2 is 1.95 bits per heavy atom. The Balaban J connectivity index is 2.03. The fraction of sp³-hybridized carbons (Fsp3) is 0.0625. The summed E-state index contributed by atoms with van der Waals surface area (Å²) in [5.41, 5.74) is 7.35. The number of carbonyl (C=O) groups excluding carboxylic acids is 1. The molecule has 0 aliphatic rings. The molecule has 1 aromatic heterocycles. The first kappa shape index (κ1) is 12.3. The van der Waals surface area contributed by atoms with Crippen LogP contribution < -0.4 is 10.5 Å². The fourth-order valence-electron chi connectivity index (χ4n) is 2.10. The first-order valence-corrected chi connectivity index (χ1v) is 6.16. The van der Waals surface area contributed by atoms with E-state index in [9.17, 15) is 4.79 Å². The Labute approximate surface area is 115 Å². The second kappa shape index (κ2) is 4.74. The minimum Gasteiger partial charge on any atom is -0.497 e. The molecular formula is C16H13NO3. The SMILES string of the molecule is COc1ccc(C(=O)c2cc3ccccc3o2)c(N)c1. The van der Waals surface area contributed by atoms with Gasteiger partial charge < -0.3 is 14.9 Å². The van der Waals surface area contributed by atoms with E-state index >= 15 is 0 Å². The molecule has 3 aromatic rings. The zero-order valence-corrected chi connectivity index (χ0v) is 10.9. The van der Waals surface area contributed by atoms with Crippen LogP contribution in [0.5, 0.6) is 5.75 Å². The van der Waals surface area contributed by atoms with Gasteiger partial charge in [-0.1, -0.05) is 18.2 Å². The van der Waals surface area contributed by atoms with Gasteiger partial charge in [-0.3, -0.25) is 4.79 Å². The number of furan rings is 1. The first-order chi connectivity index (χ1) is 9.69. The van der Waals surface area contributed by atoms with Crippen LogP contribution in [0.4, 0.5) is 5.69 Å². The van der Waals surface area contributed by atoms with Crippen LogP contribution in [0.3, 0.4) is 0 Å². The molecular weight excluding hydrogens is 254 g/mol. The van der Waals surface area contributed by atoms with Crippen molar-refractivity contribution in [1.82, 2.24) is 0 Å². The molecule has 0 fully saturated rings. The maximum atomic E-state index is 12.4. The van der Waals surface area contributed by atoms with E-state index in [2.05, 4.69) is 0 Å². The lowest BCUT2D eigenvalue weighted by molar-refractivity contribution is 0.101. The molecule has 20 heavy (non-hydrogen) atoms. The van der Waals surface area contributed by atoms with Gasteiger partial charge >= 0.3 is 0 Å². The second-order valence-corrected chi connectivity index (χ2v) is 4.43. The number of benzene rings is 2. The van der Waals surface area contributed by atoms with Gasteiger partial charge in [0, 0.05) is 22.7 Å². The highest BCUT2D eigenvalue weighted by atomic mass is 16.5. The van der Waals surface area contributed by atoms with Crippen molar-refractivity contribution in [1.29, 1.82) is 0 Å². The lowest BCUT2D eigenvalue weighted by Crippen LogP contribution is -2.04. The van der Waals surface area contributed by atoms with Gasteiger partial charge in [0.2, 0.25) is 5.78 Å². The highest BCUT2D eigenvalue weighted by molar-refractivity contribution is 6.12. The molecule has 3 rings (SSSR count). The van der Waals surface area contributed by atoms with Crippen LogP contribution >= 0.6 is 0 Å². The van der Waals surface area contributed by atoms with Crippen LogP contribution in [-0.2, 0) is 0 Å². The third-order valence-electron chi connectivity index (χ3n) is 3.15. The molecule has 0 amide bonds. The van der Waals surface area contributed by atoms with Crippen molar-refractivity contribution in [2.24, 2.45) is 0 Å². The van der Waals surface area contributed by atoms with Crippen LogP contribution in [-0.4, -0.2) is 12.9 Å². The molecule has 100 valence electrons. The number of hydrogen-bond donors (Lipinski definition) is 1. The smallest absolute Gasteiger partial charge is 0.230 e. The number of nitrogens with two attached hydrogens (primary N) is 1. The molecule has 4 heteroatoms. The molecule has 0 aliphatic carbocycles. The maximum absolute atomic E-state index is 12.4.